The number of ether oxygens (including phenoxy) is 2. The fraction of sp³-hybridized carbons (Fsp3) is 0.238. The molecule has 0 amide bonds. The molecule has 0 spiro atoms. The van der Waals surface area contributed by atoms with Crippen molar-refractivity contribution in [2.75, 3.05) is 6.61 Å². The summed E-state index contributed by atoms with van der Waals surface area (Å²) in [6, 6.07) is 15.8. The van der Waals surface area contributed by atoms with Crippen LogP contribution in [0.25, 0.3) is 21.9 Å². The minimum Gasteiger partial charge on any atom is -0.490 e. The Hall–Kier alpha value is -2.84. The Bertz CT molecular complexity index is 950. The smallest absolute Gasteiger partial charge is 0.161 e. The standard InChI is InChI=1S/C21H20N2O2S/c1-4-24-19-12-15(9-10-18(19)25-14(2)3)11-16(13-22)21-23-17-7-5-6-8-20(17)26-21/h5-12,14H,4H2,1-3H3/b16-11-. The van der Waals surface area contributed by atoms with E-state index in [9.17, 15) is 5.26 Å². The van der Waals surface area contributed by atoms with Gasteiger partial charge < -0.3 is 9.47 Å². The molecule has 26 heavy (non-hydrogen) atoms. The summed E-state index contributed by atoms with van der Waals surface area (Å²) >= 11 is 1.52. The van der Waals surface area contributed by atoms with Crippen molar-refractivity contribution in [3.8, 4) is 17.6 Å². The number of hydrogen-bond acceptors (Lipinski definition) is 5. The fourth-order valence-corrected chi connectivity index (χ4v) is 3.46. The molecule has 5 heteroatoms. The maximum Gasteiger partial charge on any atom is 0.161 e. The lowest BCUT2D eigenvalue weighted by Gasteiger charge is -2.15. The summed E-state index contributed by atoms with van der Waals surface area (Å²) in [7, 11) is 0. The van der Waals surface area contributed by atoms with Crippen LogP contribution in [0.2, 0.25) is 0 Å². The van der Waals surface area contributed by atoms with Crippen LogP contribution in [-0.2, 0) is 0 Å². The van der Waals surface area contributed by atoms with E-state index >= 15 is 0 Å². The average molecular weight is 364 g/mol. The number of fused-ring (bicyclic) bond motifs is 1. The van der Waals surface area contributed by atoms with E-state index in [2.05, 4.69) is 11.1 Å². The average Bonchev–Trinajstić information content (AvgIpc) is 3.05. The Morgan fingerprint density at radius 2 is 2.04 bits per heavy atom. The van der Waals surface area contributed by atoms with Gasteiger partial charge in [0.15, 0.2) is 11.5 Å². The van der Waals surface area contributed by atoms with Crippen LogP contribution in [0.4, 0.5) is 0 Å². The highest BCUT2D eigenvalue weighted by Crippen LogP contribution is 2.32. The first-order chi connectivity index (χ1) is 12.6. The first-order valence-corrected chi connectivity index (χ1v) is 9.33. The van der Waals surface area contributed by atoms with Gasteiger partial charge in [0.25, 0.3) is 0 Å². The van der Waals surface area contributed by atoms with Crippen molar-refractivity contribution < 1.29 is 9.47 Å². The van der Waals surface area contributed by atoms with Gasteiger partial charge in [-0.25, -0.2) is 4.98 Å². The highest BCUT2D eigenvalue weighted by molar-refractivity contribution is 7.19. The Labute approximate surface area is 157 Å². The molecule has 3 rings (SSSR count). The van der Waals surface area contributed by atoms with Gasteiger partial charge in [-0.15, -0.1) is 11.3 Å². The highest BCUT2D eigenvalue weighted by Gasteiger charge is 2.11. The lowest BCUT2D eigenvalue weighted by Crippen LogP contribution is -2.07. The van der Waals surface area contributed by atoms with Crippen LogP contribution in [0.1, 0.15) is 31.3 Å². The molecule has 0 atom stereocenters. The van der Waals surface area contributed by atoms with Gasteiger partial charge in [-0.05, 0) is 56.7 Å². The van der Waals surface area contributed by atoms with E-state index in [1.807, 2.05) is 69.3 Å². The number of nitriles is 1. The number of para-hydroxylation sites is 1. The molecule has 0 fully saturated rings. The normalized spacial score (nSPS) is 11.6. The van der Waals surface area contributed by atoms with Gasteiger partial charge in [-0.2, -0.15) is 5.26 Å². The fourth-order valence-electron chi connectivity index (χ4n) is 2.53. The number of thiazole rings is 1. The van der Waals surface area contributed by atoms with Crippen molar-refractivity contribution in [2.45, 2.75) is 26.9 Å². The van der Waals surface area contributed by atoms with Crippen LogP contribution >= 0.6 is 11.3 Å². The molecular weight excluding hydrogens is 344 g/mol. The zero-order valence-corrected chi connectivity index (χ0v) is 15.8. The summed E-state index contributed by atoms with van der Waals surface area (Å²) in [4.78, 5) is 4.57. The topological polar surface area (TPSA) is 55.1 Å². The minimum atomic E-state index is 0.0630. The number of benzene rings is 2. The maximum absolute atomic E-state index is 9.60. The molecule has 0 saturated carbocycles. The molecule has 1 aromatic heterocycles. The third kappa shape index (κ3) is 4.04. The van der Waals surface area contributed by atoms with E-state index in [0.717, 1.165) is 15.8 Å². The summed E-state index contributed by atoms with van der Waals surface area (Å²) in [6.07, 6.45) is 1.90. The molecule has 0 radical (unpaired) electrons. The Morgan fingerprint density at radius 3 is 2.73 bits per heavy atom. The summed E-state index contributed by atoms with van der Waals surface area (Å²) < 4.78 is 12.6. The van der Waals surface area contributed by atoms with Gasteiger partial charge in [0.1, 0.15) is 11.1 Å². The molecule has 2 aromatic carbocycles. The summed E-state index contributed by atoms with van der Waals surface area (Å²) in [5.41, 5.74) is 2.32. The number of allylic oxidation sites excluding steroid dienone is 1. The van der Waals surface area contributed by atoms with E-state index in [1.54, 1.807) is 0 Å². The quantitative estimate of drug-likeness (QED) is 0.538. The van der Waals surface area contributed by atoms with E-state index in [4.69, 9.17) is 9.47 Å². The zero-order valence-electron chi connectivity index (χ0n) is 15.0. The lowest BCUT2D eigenvalue weighted by atomic mass is 10.1. The molecule has 0 unspecified atom stereocenters. The number of nitrogens with zero attached hydrogens (tertiary/aromatic N) is 2. The van der Waals surface area contributed by atoms with Crippen molar-refractivity contribution in [1.82, 2.24) is 4.98 Å². The van der Waals surface area contributed by atoms with Gasteiger partial charge in [0, 0.05) is 0 Å². The molecule has 4 nitrogen and oxygen atoms in total. The third-order valence-electron chi connectivity index (χ3n) is 3.59. The molecule has 0 N–H and O–H groups in total. The predicted molar refractivity (Wildman–Crippen MR) is 106 cm³/mol. The van der Waals surface area contributed by atoms with Crippen molar-refractivity contribution in [3.63, 3.8) is 0 Å². The first-order valence-electron chi connectivity index (χ1n) is 8.52. The zero-order chi connectivity index (χ0) is 18.5. The Balaban J connectivity index is 1.98. The summed E-state index contributed by atoms with van der Waals surface area (Å²) in [5.74, 6) is 1.38. The number of aromatic nitrogens is 1. The van der Waals surface area contributed by atoms with E-state index < -0.39 is 0 Å². The van der Waals surface area contributed by atoms with Crippen LogP contribution in [0, 0.1) is 11.3 Å². The van der Waals surface area contributed by atoms with Crippen molar-refractivity contribution >= 4 is 33.2 Å². The third-order valence-corrected chi connectivity index (χ3v) is 4.66. The van der Waals surface area contributed by atoms with Gasteiger partial charge in [0.05, 0.1) is 28.5 Å². The van der Waals surface area contributed by atoms with Gasteiger partial charge >= 0.3 is 0 Å². The maximum atomic E-state index is 9.60. The van der Waals surface area contributed by atoms with Crippen LogP contribution in [0.3, 0.4) is 0 Å². The second kappa shape index (κ2) is 8.03. The summed E-state index contributed by atoms with van der Waals surface area (Å²) in [5, 5.41) is 10.3. The van der Waals surface area contributed by atoms with Crippen molar-refractivity contribution in [1.29, 1.82) is 5.26 Å². The molecule has 132 valence electrons. The van der Waals surface area contributed by atoms with Crippen LogP contribution < -0.4 is 9.47 Å². The van der Waals surface area contributed by atoms with Crippen molar-refractivity contribution in [3.05, 3.63) is 53.0 Å². The van der Waals surface area contributed by atoms with Gasteiger partial charge in [0.2, 0.25) is 0 Å². The predicted octanol–water partition coefficient (Wildman–Crippen LogP) is 5.55. The Morgan fingerprint density at radius 1 is 1.23 bits per heavy atom. The Kier molecular flexibility index (Phi) is 5.55. The molecule has 1 heterocycles. The lowest BCUT2D eigenvalue weighted by molar-refractivity contribution is 0.224. The first kappa shape index (κ1) is 18.0. The molecule has 0 aliphatic rings. The van der Waals surface area contributed by atoms with E-state index in [-0.39, 0.29) is 6.10 Å². The SMILES string of the molecule is CCOc1cc(/C=C(/C#N)c2nc3ccccc3s2)ccc1OC(C)C. The van der Waals surface area contributed by atoms with Crippen LogP contribution in [0.15, 0.2) is 42.5 Å². The second-order valence-corrected chi connectivity index (χ2v) is 6.99. The minimum absolute atomic E-state index is 0.0630. The van der Waals surface area contributed by atoms with E-state index in [0.29, 0.717) is 28.7 Å². The largest absolute Gasteiger partial charge is 0.490 e. The van der Waals surface area contributed by atoms with Crippen LogP contribution in [0.5, 0.6) is 11.5 Å². The molecule has 0 bridgehead atoms. The number of rotatable bonds is 6. The van der Waals surface area contributed by atoms with Crippen LogP contribution in [-0.4, -0.2) is 17.7 Å². The molecular formula is C21H20N2O2S. The van der Waals surface area contributed by atoms with Gasteiger partial charge in [-0.1, -0.05) is 18.2 Å². The van der Waals surface area contributed by atoms with Gasteiger partial charge in [-0.3, -0.25) is 0 Å². The molecule has 0 saturated heterocycles. The molecule has 0 aliphatic heterocycles. The van der Waals surface area contributed by atoms with E-state index in [1.165, 1.54) is 11.3 Å². The molecule has 0 aliphatic carbocycles. The second-order valence-electron chi connectivity index (χ2n) is 5.96. The number of hydrogen-bond donors (Lipinski definition) is 0. The highest BCUT2D eigenvalue weighted by atomic mass is 32.1. The van der Waals surface area contributed by atoms with Crippen molar-refractivity contribution in [2.24, 2.45) is 0 Å². The molecule has 3 aromatic rings. The summed E-state index contributed by atoms with van der Waals surface area (Å²) in [6.45, 7) is 6.43. The monoisotopic (exact) mass is 364 g/mol.